The summed E-state index contributed by atoms with van der Waals surface area (Å²) in [5.74, 6) is 0.665. The van der Waals surface area contributed by atoms with Crippen LogP contribution in [-0.2, 0) is 22.4 Å². The first-order valence-corrected chi connectivity index (χ1v) is 11.3. The number of Topliss-reactive ketones (excluding diaryl/α,β-unsaturated/α-hetero) is 1. The average molecular weight is 481 g/mol. The van der Waals surface area contributed by atoms with E-state index in [1.54, 1.807) is 18.2 Å². The Morgan fingerprint density at radius 3 is 2.24 bits per heavy atom. The average Bonchev–Trinajstić information content (AvgIpc) is 3.22. The molecule has 1 N–H and O–H groups in total. The molecule has 0 aliphatic rings. The topological polar surface area (TPSA) is 79.9 Å². The number of carbonyl (C=O) groups is 1. The van der Waals surface area contributed by atoms with E-state index in [9.17, 15) is 4.79 Å². The summed E-state index contributed by atoms with van der Waals surface area (Å²) in [4.78, 5) is 36.9. The summed E-state index contributed by atoms with van der Waals surface area (Å²) in [6.07, 6.45) is 4.07. The minimum absolute atomic E-state index is 0.0742. The smallest absolute Gasteiger partial charge is 0.338 e. The Bertz CT molecular complexity index is 1270. The maximum Gasteiger partial charge on any atom is 0.373 e. The molecular weight excluding hydrogens is 459 g/mol. The van der Waals surface area contributed by atoms with Crippen molar-refractivity contribution in [3.05, 3.63) is 87.4 Å². The zero-order chi connectivity index (χ0) is 23.8. The second-order valence-electron chi connectivity index (χ2n) is 7.52. The highest BCUT2D eigenvalue weighted by Gasteiger charge is 2.14. The molecule has 0 saturated heterocycles. The third-order valence-corrected chi connectivity index (χ3v) is 5.84. The van der Waals surface area contributed by atoms with Gasteiger partial charge in [0.15, 0.2) is 5.78 Å². The number of hydrogen-bond acceptors (Lipinski definition) is 4. The third kappa shape index (κ3) is 6.17. The van der Waals surface area contributed by atoms with Crippen molar-refractivity contribution in [3.8, 4) is 11.4 Å². The lowest BCUT2D eigenvalue weighted by molar-refractivity contribution is -0.191. The lowest BCUT2D eigenvalue weighted by Gasteiger charge is -2.04. The molecule has 3 aromatic carbocycles. The lowest BCUT2D eigenvalue weighted by atomic mass is 10.0. The number of ketones is 1. The number of unbranched alkanes of at least 4 members (excludes halogenated alkanes) is 1. The quantitative estimate of drug-likeness (QED) is 0.297. The number of fused-ring (bicyclic) bond motifs is 1. The predicted octanol–water partition coefficient (Wildman–Crippen LogP) is 6.72. The lowest BCUT2D eigenvalue weighted by Crippen LogP contribution is -2.03. The summed E-state index contributed by atoms with van der Waals surface area (Å²) < 4.78 is 0. The molecule has 0 fully saturated rings. The zero-order valence-corrected chi connectivity index (χ0v) is 19.5. The number of rotatable bonds is 7. The molecule has 0 amide bonds. The number of benzene rings is 3. The molecule has 0 spiro atoms. The monoisotopic (exact) mass is 480 g/mol. The first-order valence-electron chi connectivity index (χ1n) is 10.5. The minimum Gasteiger partial charge on any atom is -0.338 e. The fraction of sp³-hybridized carbons (Fsp3) is 0.192. The number of aryl methyl sites for hydroxylation is 1. The molecule has 1 heterocycles. The molecule has 0 saturated carbocycles. The summed E-state index contributed by atoms with van der Waals surface area (Å²) >= 11 is 12.6. The van der Waals surface area contributed by atoms with Gasteiger partial charge >= 0.3 is 6.15 Å². The summed E-state index contributed by atoms with van der Waals surface area (Å²) in [5.41, 5.74) is 5.19. The summed E-state index contributed by atoms with van der Waals surface area (Å²) in [6, 6.07) is 19.2. The van der Waals surface area contributed by atoms with Gasteiger partial charge in [0.05, 0.1) is 26.6 Å². The molecule has 0 aliphatic heterocycles. The van der Waals surface area contributed by atoms with Crippen molar-refractivity contribution in [3.63, 3.8) is 0 Å². The van der Waals surface area contributed by atoms with E-state index < -0.39 is 0 Å². The van der Waals surface area contributed by atoms with Crippen LogP contribution in [0.5, 0.6) is 0 Å². The van der Waals surface area contributed by atoms with E-state index in [1.807, 2.05) is 18.2 Å². The number of aromatic amines is 1. The molecule has 4 rings (SSSR count). The molecule has 7 heteroatoms. The molecule has 0 unspecified atom stereocenters. The van der Waals surface area contributed by atoms with Gasteiger partial charge < -0.3 is 4.98 Å². The van der Waals surface area contributed by atoms with Crippen LogP contribution < -0.4 is 0 Å². The SMILES string of the molecule is CCCCc1ccc(CC(=O)c2ccc3nc(-c4c(Cl)cccc4Cl)[nH]c3c2)cc1.O=C=O. The zero-order valence-electron chi connectivity index (χ0n) is 18.0. The third-order valence-electron chi connectivity index (χ3n) is 5.21. The Hall–Kier alpha value is -3.24. The highest BCUT2D eigenvalue weighted by Crippen LogP contribution is 2.34. The van der Waals surface area contributed by atoms with Crippen molar-refractivity contribution in [2.75, 3.05) is 0 Å². The summed E-state index contributed by atoms with van der Waals surface area (Å²) in [6.45, 7) is 2.19. The predicted molar refractivity (Wildman–Crippen MR) is 130 cm³/mol. The highest BCUT2D eigenvalue weighted by atomic mass is 35.5. The largest absolute Gasteiger partial charge is 0.373 e. The molecule has 4 aromatic rings. The van der Waals surface area contributed by atoms with Crippen molar-refractivity contribution < 1.29 is 14.4 Å². The van der Waals surface area contributed by atoms with E-state index in [0.29, 0.717) is 33.4 Å². The van der Waals surface area contributed by atoms with Gasteiger partial charge in [0.25, 0.3) is 0 Å². The standard InChI is InChI=1S/C25H22Cl2N2O.CO2/c1-2-3-5-16-8-10-17(11-9-16)14-23(30)18-12-13-21-22(15-18)29-25(28-21)24-19(26)6-4-7-20(24)27;2-1-3/h4,6-13,15H,2-3,5,14H2,1H3,(H,28,29);. The minimum atomic E-state index is 0.0742. The van der Waals surface area contributed by atoms with Crippen molar-refractivity contribution in [2.24, 2.45) is 0 Å². The first-order chi connectivity index (χ1) is 16.0. The van der Waals surface area contributed by atoms with Gasteiger partial charge in [0.2, 0.25) is 0 Å². The van der Waals surface area contributed by atoms with Crippen LogP contribution in [-0.4, -0.2) is 21.9 Å². The van der Waals surface area contributed by atoms with Gasteiger partial charge in [0.1, 0.15) is 5.82 Å². The van der Waals surface area contributed by atoms with Crippen molar-refractivity contribution in [1.29, 1.82) is 0 Å². The van der Waals surface area contributed by atoms with E-state index in [4.69, 9.17) is 32.8 Å². The van der Waals surface area contributed by atoms with Crippen LogP contribution in [0.4, 0.5) is 0 Å². The molecule has 0 atom stereocenters. The van der Waals surface area contributed by atoms with Gasteiger partial charge in [0, 0.05) is 12.0 Å². The van der Waals surface area contributed by atoms with E-state index in [-0.39, 0.29) is 11.9 Å². The number of nitrogens with one attached hydrogen (secondary N) is 1. The van der Waals surface area contributed by atoms with Crippen molar-refractivity contribution >= 4 is 46.2 Å². The molecule has 33 heavy (non-hydrogen) atoms. The molecule has 168 valence electrons. The Morgan fingerprint density at radius 1 is 0.970 bits per heavy atom. The number of carbonyl (C=O) groups excluding carboxylic acids is 3. The number of nitrogens with zero attached hydrogens (tertiary/aromatic N) is 1. The molecule has 0 aliphatic carbocycles. The van der Waals surface area contributed by atoms with Crippen LogP contribution in [0.15, 0.2) is 60.7 Å². The fourth-order valence-corrected chi connectivity index (χ4v) is 4.09. The van der Waals surface area contributed by atoms with E-state index >= 15 is 0 Å². The van der Waals surface area contributed by atoms with Crippen LogP contribution in [0, 0.1) is 0 Å². The number of aromatic nitrogens is 2. The maximum atomic E-state index is 12.8. The molecule has 5 nitrogen and oxygen atoms in total. The fourth-order valence-electron chi connectivity index (χ4n) is 3.52. The van der Waals surface area contributed by atoms with Gasteiger partial charge in [-0.05, 0) is 54.3 Å². The summed E-state index contributed by atoms with van der Waals surface area (Å²) in [5, 5.41) is 1.06. The normalized spacial score (nSPS) is 10.4. The Balaban J connectivity index is 0.000000968. The Morgan fingerprint density at radius 2 is 1.61 bits per heavy atom. The Kier molecular flexibility index (Phi) is 8.56. The van der Waals surface area contributed by atoms with Crippen LogP contribution >= 0.6 is 23.2 Å². The van der Waals surface area contributed by atoms with Crippen LogP contribution in [0.1, 0.15) is 41.3 Å². The molecular formula is C26H22Cl2N2O3. The Labute approximate surface area is 201 Å². The molecule has 0 bridgehead atoms. The number of imidazole rings is 1. The van der Waals surface area contributed by atoms with E-state index in [2.05, 4.69) is 41.2 Å². The number of H-pyrrole nitrogens is 1. The van der Waals surface area contributed by atoms with Gasteiger partial charge in [-0.15, -0.1) is 0 Å². The highest BCUT2D eigenvalue weighted by molar-refractivity contribution is 6.39. The van der Waals surface area contributed by atoms with Crippen molar-refractivity contribution in [2.45, 2.75) is 32.6 Å². The van der Waals surface area contributed by atoms with Gasteiger partial charge in [-0.3, -0.25) is 4.79 Å². The second-order valence-corrected chi connectivity index (χ2v) is 8.33. The van der Waals surface area contributed by atoms with E-state index in [1.165, 1.54) is 18.4 Å². The first kappa shape index (κ1) is 24.4. The van der Waals surface area contributed by atoms with Gasteiger partial charge in [-0.2, -0.15) is 9.59 Å². The second kappa shape index (κ2) is 11.6. The number of hydrogen-bond donors (Lipinski definition) is 1. The van der Waals surface area contributed by atoms with Crippen LogP contribution in [0.25, 0.3) is 22.4 Å². The van der Waals surface area contributed by atoms with Crippen LogP contribution in [0.2, 0.25) is 10.0 Å². The van der Waals surface area contributed by atoms with Crippen molar-refractivity contribution in [1.82, 2.24) is 9.97 Å². The molecule has 0 radical (unpaired) electrons. The van der Waals surface area contributed by atoms with Crippen LogP contribution in [0.3, 0.4) is 0 Å². The van der Waals surface area contributed by atoms with Gasteiger partial charge in [-0.25, -0.2) is 4.98 Å². The maximum absolute atomic E-state index is 12.8. The van der Waals surface area contributed by atoms with E-state index in [0.717, 1.165) is 23.0 Å². The summed E-state index contributed by atoms with van der Waals surface area (Å²) in [7, 11) is 0. The van der Waals surface area contributed by atoms with Gasteiger partial charge in [-0.1, -0.05) is 66.9 Å². The molecule has 1 aromatic heterocycles. The number of halogens is 2.